The average Bonchev–Trinajstić information content (AvgIpc) is 3.27. The number of methoxy groups -OCH3 is 1. The number of fused-ring (bicyclic) bond motifs is 5. The SMILES string of the molecule is COC(=O)CC(F)CCCOC(=O)CC[C@@H](C)C1CCC2C3CCC4C[C@H](OC(C)=O)CC[C@]4(C)C3CC[C@@]21C. The number of ether oxygens (including phenoxy) is 3. The quantitative estimate of drug-likeness (QED) is 0.150. The number of esters is 3. The Labute approximate surface area is 240 Å². The van der Waals surface area contributed by atoms with E-state index in [4.69, 9.17) is 9.47 Å². The predicted molar refractivity (Wildman–Crippen MR) is 151 cm³/mol. The number of hydrogen-bond donors (Lipinski definition) is 0. The van der Waals surface area contributed by atoms with Gasteiger partial charge >= 0.3 is 17.9 Å². The van der Waals surface area contributed by atoms with Crippen molar-refractivity contribution >= 4 is 17.9 Å². The summed E-state index contributed by atoms with van der Waals surface area (Å²) in [6, 6.07) is 0. The van der Waals surface area contributed by atoms with Gasteiger partial charge in [0.2, 0.25) is 0 Å². The second-order valence-electron chi connectivity index (χ2n) is 14.1. The maximum atomic E-state index is 13.8. The van der Waals surface area contributed by atoms with Gasteiger partial charge in [-0.1, -0.05) is 20.8 Å². The van der Waals surface area contributed by atoms with Gasteiger partial charge in [0.1, 0.15) is 12.3 Å². The zero-order valence-electron chi connectivity index (χ0n) is 25.6. The van der Waals surface area contributed by atoms with Crippen molar-refractivity contribution in [2.45, 2.75) is 130 Å². The summed E-state index contributed by atoms with van der Waals surface area (Å²) in [5.41, 5.74) is 0.717. The average molecular weight is 565 g/mol. The minimum Gasteiger partial charge on any atom is -0.469 e. The molecule has 4 aliphatic carbocycles. The molecule has 4 saturated carbocycles. The van der Waals surface area contributed by atoms with Crippen LogP contribution in [0.3, 0.4) is 0 Å². The molecule has 0 saturated heterocycles. The largest absolute Gasteiger partial charge is 0.469 e. The van der Waals surface area contributed by atoms with Gasteiger partial charge in [-0.2, -0.15) is 0 Å². The first-order valence-corrected chi connectivity index (χ1v) is 16.0. The Morgan fingerprint density at radius 3 is 2.38 bits per heavy atom. The highest BCUT2D eigenvalue weighted by atomic mass is 19.1. The molecule has 0 aromatic carbocycles. The van der Waals surface area contributed by atoms with Gasteiger partial charge in [0, 0.05) is 13.3 Å². The van der Waals surface area contributed by atoms with Crippen LogP contribution < -0.4 is 0 Å². The van der Waals surface area contributed by atoms with Gasteiger partial charge in [-0.05, 0) is 123 Å². The van der Waals surface area contributed by atoms with Crippen molar-refractivity contribution in [3.05, 3.63) is 0 Å². The summed E-state index contributed by atoms with van der Waals surface area (Å²) in [6.07, 6.45) is 11.4. The predicted octanol–water partition coefficient (Wildman–Crippen LogP) is 7.22. The molecule has 0 aromatic heterocycles. The molecule has 0 bridgehead atoms. The van der Waals surface area contributed by atoms with Gasteiger partial charge in [-0.25, -0.2) is 4.39 Å². The molecule has 4 aliphatic rings. The zero-order chi connectivity index (χ0) is 29.1. The van der Waals surface area contributed by atoms with E-state index in [0.29, 0.717) is 41.4 Å². The molecule has 0 N–H and O–H groups in total. The molecule has 0 amide bonds. The molecular formula is C33H53FO6. The molecule has 0 radical (unpaired) electrons. The summed E-state index contributed by atoms with van der Waals surface area (Å²) in [4.78, 5) is 35.1. The lowest BCUT2D eigenvalue weighted by molar-refractivity contribution is -0.160. The summed E-state index contributed by atoms with van der Waals surface area (Å²) >= 11 is 0. The van der Waals surface area contributed by atoms with Crippen molar-refractivity contribution in [1.82, 2.24) is 0 Å². The monoisotopic (exact) mass is 564 g/mol. The second kappa shape index (κ2) is 13.1. The first kappa shape index (κ1) is 31.3. The van der Waals surface area contributed by atoms with Gasteiger partial charge in [0.15, 0.2) is 0 Å². The van der Waals surface area contributed by atoms with Gasteiger partial charge in [-0.15, -0.1) is 0 Å². The summed E-state index contributed by atoms with van der Waals surface area (Å²) in [7, 11) is 1.25. The van der Waals surface area contributed by atoms with Crippen molar-refractivity contribution in [3.63, 3.8) is 0 Å². The highest BCUT2D eigenvalue weighted by Crippen LogP contribution is 2.68. The van der Waals surface area contributed by atoms with E-state index in [1.165, 1.54) is 59.0 Å². The Kier molecular flexibility index (Phi) is 10.2. The Balaban J connectivity index is 1.25. The van der Waals surface area contributed by atoms with Gasteiger partial charge in [-0.3, -0.25) is 14.4 Å². The highest BCUT2D eigenvalue weighted by molar-refractivity contribution is 5.70. The van der Waals surface area contributed by atoms with Crippen molar-refractivity contribution < 1.29 is 33.0 Å². The van der Waals surface area contributed by atoms with Crippen molar-refractivity contribution in [3.8, 4) is 0 Å². The van der Waals surface area contributed by atoms with Gasteiger partial charge in [0.05, 0.1) is 20.1 Å². The zero-order valence-corrected chi connectivity index (χ0v) is 25.6. The van der Waals surface area contributed by atoms with Crippen LogP contribution in [0.25, 0.3) is 0 Å². The fraction of sp³-hybridized carbons (Fsp3) is 0.909. The molecule has 7 heteroatoms. The molecule has 0 heterocycles. The molecule has 0 spiro atoms. The molecule has 40 heavy (non-hydrogen) atoms. The summed E-state index contributed by atoms with van der Waals surface area (Å²) in [5.74, 6) is 3.23. The molecule has 0 aromatic rings. The fourth-order valence-electron chi connectivity index (χ4n) is 10.0. The number of carbonyl (C=O) groups excluding carboxylic acids is 3. The molecule has 6 nitrogen and oxygen atoms in total. The lowest BCUT2D eigenvalue weighted by Crippen LogP contribution is -2.54. The molecule has 4 rings (SSSR count). The minimum absolute atomic E-state index is 0.108. The number of halogens is 1. The first-order valence-electron chi connectivity index (χ1n) is 16.0. The van der Waals surface area contributed by atoms with Crippen LogP contribution in [-0.4, -0.2) is 43.9 Å². The minimum atomic E-state index is -1.26. The standard InChI is InChI=1S/C33H53FO6/c1-21(8-13-30(36)39-18-6-7-24(34)20-31(37)38-5)27-11-12-28-26-10-9-23-19-25(40-22(2)35)14-16-32(23,3)29(26)15-17-33(27,28)4/h21,23-29H,6-20H2,1-5H3/t21-,23?,24?,25-,26?,27?,28?,29?,32+,33-/m1/s1. The summed E-state index contributed by atoms with van der Waals surface area (Å²) < 4.78 is 29.3. The molecule has 0 aliphatic heterocycles. The molecular weight excluding hydrogens is 511 g/mol. The van der Waals surface area contributed by atoms with Crippen LogP contribution >= 0.6 is 0 Å². The van der Waals surface area contributed by atoms with Crippen LogP contribution in [0.4, 0.5) is 4.39 Å². The smallest absolute Gasteiger partial charge is 0.308 e. The second-order valence-corrected chi connectivity index (χ2v) is 14.1. The van der Waals surface area contributed by atoms with E-state index in [9.17, 15) is 18.8 Å². The van der Waals surface area contributed by atoms with Crippen LogP contribution in [-0.2, 0) is 28.6 Å². The third-order valence-electron chi connectivity index (χ3n) is 12.1. The fourth-order valence-corrected chi connectivity index (χ4v) is 10.0. The highest BCUT2D eigenvalue weighted by Gasteiger charge is 2.60. The molecule has 6 unspecified atom stereocenters. The number of alkyl halides is 1. The summed E-state index contributed by atoms with van der Waals surface area (Å²) in [6.45, 7) is 9.16. The van der Waals surface area contributed by atoms with Crippen LogP contribution in [0.2, 0.25) is 0 Å². The lowest BCUT2D eigenvalue weighted by atomic mass is 9.44. The van der Waals surface area contributed by atoms with Crippen molar-refractivity contribution in [2.24, 2.45) is 46.3 Å². The number of rotatable bonds is 11. The van der Waals surface area contributed by atoms with E-state index < -0.39 is 12.1 Å². The normalized spacial score (nSPS) is 38.2. The van der Waals surface area contributed by atoms with Crippen LogP contribution in [0.1, 0.15) is 118 Å². The molecule has 4 fully saturated rings. The lowest BCUT2D eigenvalue weighted by Gasteiger charge is -2.61. The van der Waals surface area contributed by atoms with E-state index in [1.54, 1.807) is 0 Å². The summed E-state index contributed by atoms with van der Waals surface area (Å²) in [5, 5.41) is 0. The Bertz CT molecular complexity index is 907. The number of hydrogen-bond acceptors (Lipinski definition) is 6. The van der Waals surface area contributed by atoms with Crippen LogP contribution in [0.15, 0.2) is 0 Å². The first-order chi connectivity index (χ1) is 19.0. The van der Waals surface area contributed by atoms with Crippen molar-refractivity contribution in [1.29, 1.82) is 0 Å². The van der Waals surface area contributed by atoms with E-state index in [1.807, 2.05) is 0 Å². The van der Waals surface area contributed by atoms with Crippen LogP contribution in [0, 0.1) is 46.3 Å². The van der Waals surface area contributed by atoms with E-state index in [0.717, 1.165) is 37.0 Å². The molecule has 228 valence electrons. The third kappa shape index (κ3) is 6.69. The Hall–Kier alpha value is -1.66. The van der Waals surface area contributed by atoms with E-state index in [2.05, 4.69) is 25.5 Å². The molecule has 10 atom stereocenters. The Morgan fingerprint density at radius 2 is 1.65 bits per heavy atom. The topological polar surface area (TPSA) is 78.9 Å². The maximum Gasteiger partial charge on any atom is 0.308 e. The van der Waals surface area contributed by atoms with Gasteiger partial charge in [0.25, 0.3) is 0 Å². The maximum absolute atomic E-state index is 13.8. The van der Waals surface area contributed by atoms with E-state index in [-0.39, 0.29) is 37.5 Å². The number of carbonyl (C=O) groups is 3. The third-order valence-corrected chi connectivity index (χ3v) is 12.1. The van der Waals surface area contributed by atoms with Gasteiger partial charge < -0.3 is 14.2 Å². The van der Waals surface area contributed by atoms with Crippen molar-refractivity contribution in [2.75, 3.05) is 13.7 Å². The van der Waals surface area contributed by atoms with E-state index >= 15 is 0 Å². The van der Waals surface area contributed by atoms with Crippen LogP contribution in [0.5, 0.6) is 0 Å². The Morgan fingerprint density at radius 1 is 0.925 bits per heavy atom.